The lowest BCUT2D eigenvalue weighted by molar-refractivity contribution is 0.0827. The number of halogens is 1. The highest BCUT2D eigenvalue weighted by atomic mass is 127. The van der Waals surface area contributed by atoms with Gasteiger partial charge in [-0.15, -0.1) is 24.0 Å². The SMILES string of the molecule is CCNC(=NCc1ccc(C(=O)N(C)C)cc1)N(C)Cc1ccc(OC)cc1.I. The van der Waals surface area contributed by atoms with Gasteiger partial charge in [0.15, 0.2) is 5.96 Å². The molecule has 0 aliphatic carbocycles. The summed E-state index contributed by atoms with van der Waals surface area (Å²) in [6.07, 6.45) is 0. The van der Waals surface area contributed by atoms with Gasteiger partial charge in [0.2, 0.25) is 0 Å². The fraction of sp³-hybridized carbons (Fsp3) is 0.364. The Hall–Kier alpha value is -2.29. The Kier molecular flexibility index (Phi) is 10.5. The monoisotopic (exact) mass is 510 g/mol. The van der Waals surface area contributed by atoms with E-state index in [1.54, 1.807) is 26.1 Å². The number of methoxy groups -OCH3 is 1. The standard InChI is InChI=1S/C22H30N4O2.HI/c1-6-23-22(26(4)16-18-9-13-20(28-5)14-10-18)24-15-17-7-11-19(12-8-17)21(27)25(2)3;/h7-14H,6,15-16H2,1-5H3,(H,23,24);1H. The van der Waals surface area contributed by atoms with Crippen LogP contribution in [0.2, 0.25) is 0 Å². The van der Waals surface area contributed by atoms with Crippen LogP contribution >= 0.6 is 24.0 Å². The van der Waals surface area contributed by atoms with E-state index in [1.807, 2.05) is 43.4 Å². The molecule has 0 radical (unpaired) electrons. The van der Waals surface area contributed by atoms with Gasteiger partial charge in [0.1, 0.15) is 5.75 Å². The van der Waals surface area contributed by atoms with Crippen LogP contribution in [0, 0.1) is 0 Å². The Labute approximate surface area is 191 Å². The summed E-state index contributed by atoms with van der Waals surface area (Å²) >= 11 is 0. The third kappa shape index (κ3) is 7.56. The second-order valence-corrected chi connectivity index (χ2v) is 6.77. The van der Waals surface area contributed by atoms with Gasteiger partial charge in [-0.2, -0.15) is 0 Å². The summed E-state index contributed by atoms with van der Waals surface area (Å²) in [6.45, 7) is 4.14. The van der Waals surface area contributed by atoms with Crippen molar-refractivity contribution in [1.82, 2.24) is 15.1 Å². The first-order valence-electron chi connectivity index (χ1n) is 9.37. The smallest absolute Gasteiger partial charge is 0.253 e. The highest BCUT2D eigenvalue weighted by Gasteiger charge is 2.09. The topological polar surface area (TPSA) is 57.2 Å². The second kappa shape index (κ2) is 12.3. The van der Waals surface area contributed by atoms with Gasteiger partial charge in [0.05, 0.1) is 13.7 Å². The summed E-state index contributed by atoms with van der Waals surface area (Å²) in [4.78, 5) is 20.4. The van der Waals surface area contributed by atoms with E-state index >= 15 is 0 Å². The number of benzene rings is 2. The van der Waals surface area contributed by atoms with Crippen molar-refractivity contribution in [2.75, 3.05) is 34.8 Å². The molecule has 0 saturated carbocycles. The molecule has 0 heterocycles. The first kappa shape index (κ1) is 24.7. The number of nitrogens with one attached hydrogen (secondary N) is 1. The Balaban J connectivity index is 0.00000420. The van der Waals surface area contributed by atoms with Crippen LogP contribution in [-0.4, -0.2) is 56.5 Å². The number of guanidine groups is 1. The molecule has 0 fully saturated rings. The van der Waals surface area contributed by atoms with Crippen molar-refractivity contribution in [1.29, 1.82) is 0 Å². The molecule has 0 aliphatic rings. The minimum absolute atomic E-state index is 0. The van der Waals surface area contributed by atoms with Crippen LogP contribution in [0.15, 0.2) is 53.5 Å². The molecule has 2 rings (SSSR count). The number of carbonyl (C=O) groups is 1. The number of aliphatic imine (C=N–C) groups is 1. The summed E-state index contributed by atoms with van der Waals surface area (Å²) in [6, 6.07) is 15.6. The highest BCUT2D eigenvalue weighted by molar-refractivity contribution is 14.0. The van der Waals surface area contributed by atoms with Gasteiger partial charge >= 0.3 is 0 Å². The van der Waals surface area contributed by atoms with Crippen LogP contribution in [-0.2, 0) is 13.1 Å². The van der Waals surface area contributed by atoms with E-state index in [2.05, 4.69) is 29.3 Å². The summed E-state index contributed by atoms with van der Waals surface area (Å²) in [5.41, 5.74) is 2.92. The fourth-order valence-electron chi connectivity index (χ4n) is 2.73. The van der Waals surface area contributed by atoms with Gasteiger partial charge in [-0.3, -0.25) is 4.79 Å². The lowest BCUT2D eigenvalue weighted by Crippen LogP contribution is -2.38. The summed E-state index contributed by atoms with van der Waals surface area (Å²) < 4.78 is 5.21. The zero-order valence-electron chi connectivity index (χ0n) is 17.8. The molecular formula is C22H31IN4O2. The molecule has 0 saturated heterocycles. The first-order chi connectivity index (χ1) is 13.4. The molecule has 0 bridgehead atoms. The van der Waals surface area contributed by atoms with E-state index in [4.69, 9.17) is 9.73 Å². The zero-order chi connectivity index (χ0) is 20.5. The van der Waals surface area contributed by atoms with Crippen LogP contribution in [0.5, 0.6) is 5.75 Å². The third-order valence-electron chi connectivity index (χ3n) is 4.29. The molecule has 1 N–H and O–H groups in total. The van der Waals surface area contributed by atoms with Gasteiger partial charge in [-0.05, 0) is 42.3 Å². The van der Waals surface area contributed by atoms with E-state index in [9.17, 15) is 4.79 Å². The quantitative estimate of drug-likeness (QED) is 0.352. The number of hydrogen-bond acceptors (Lipinski definition) is 3. The maximum Gasteiger partial charge on any atom is 0.253 e. The van der Waals surface area contributed by atoms with E-state index in [-0.39, 0.29) is 29.9 Å². The zero-order valence-corrected chi connectivity index (χ0v) is 20.1. The molecule has 0 aliphatic heterocycles. The maximum absolute atomic E-state index is 12.0. The van der Waals surface area contributed by atoms with Crippen molar-refractivity contribution in [2.24, 2.45) is 4.99 Å². The van der Waals surface area contributed by atoms with E-state index in [1.165, 1.54) is 5.56 Å². The van der Waals surface area contributed by atoms with Crippen LogP contribution in [0.1, 0.15) is 28.4 Å². The van der Waals surface area contributed by atoms with Gasteiger partial charge in [0.25, 0.3) is 5.91 Å². The van der Waals surface area contributed by atoms with Crippen LogP contribution < -0.4 is 10.1 Å². The van der Waals surface area contributed by atoms with Gasteiger partial charge in [-0.1, -0.05) is 24.3 Å². The summed E-state index contributed by atoms with van der Waals surface area (Å²) in [5, 5.41) is 3.33. The number of hydrogen-bond donors (Lipinski definition) is 1. The molecule has 0 atom stereocenters. The molecule has 6 nitrogen and oxygen atoms in total. The molecular weight excluding hydrogens is 479 g/mol. The molecule has 1 amide bonds. The Morgan fingerprint density at radius 1 is 1.00 bits per heavy atom. The minimum Gasteiger partial charge on any atom is -0.497 e. The molecule has 7 heteroatoms. The van der Waals surface area contributed by atoms with Crippen LogP contribution in [0.3, 0.4) is 0 Å². The van der Waals surface area contributed by atoms with Gasteiger partial charge < -0.3 is 19.9 Å². The van der Waals surface area contributed by atoms with E-state index < -0.39 is 0 Å². The van der Waals surface area contributed by atoms with Gasteiger partial charge in [0, 0.05) is 39.8 Å². The number of carbonyl (C=O) groups excluding carboxylic acids is 1. The van der Waals surface area contributed by atoms with Crippen molar-refractivity contribution in [3.63, 3.8) is 0 Å². The molecule has 158 valence electrons. The predicted octanol–water partition coefficient (Wildman–Crippen LogP) is 3.61. The van der Waals surface area contributed by atoms with Crippen molar-refractivity contribution in [2.45, 2.75) is 20.0 Å². The highest BCUT2D eigenvalue weighted by Crippen LogP contribution is 2.13. The maximum atomic E-state index is 12.0. The number of rotatable bonds is 7. The lowest BCUT2D eigenvalue weighted by atomic mass is 10.1. The fourth-order valence-corrected chi connectivity index (χ4v) is 2.73. The number of amides is 1. The molecule has 0 unspecified atom stereocenters. The summed E-state index contributed by atoms with van der Waals surface area (Å²) in [7, 11) is 7.19. The van der Waals surface area contributed by atoms with E-state index in [0.29, 0.717) is 12.1 Å². The summed E-state index contributed by atoms with van der Waals surface area (Å²) in [5.74, 6) is 1.69. The van der Waals surface area contributed by atoms with Crippen molar-refractivity contribution >= 4 is 35.8 Å². The van der Waals surface area contributed by atoms with Crippen molar-refractivity contribution in [3.05, 3.63) is 65.2 Å². The average molecular weight is 510 g/mol. The molecule has 0 spiro atoms. The largest absolute Gasteiger partial charge is 0.497 e. The minimum atomic E-state index is 0. The normalized spacial score (nSPS) is 10.7. The number of ether oxygens (including phenoxy) is 1. The first-order valence-corrected chi connectivity index (χ1v) is 9.37. The Morgan fingerprint density at radius 3 is 2.10 bits per heavy atom. The lowest BCUT2D eigenvalue weighted by Gasteiger charge is -2.22. The average Bonchev–Trinajstić information content (AvgIpc) is 2.71. The van der Waals surface area contributed by atoms with Crippen LogP contribution in [0.25, 0.3) is 0 Å². The molecule has 29 heavy (non-hydrogen) atoms. The molecule has 2 aromatic carbocycles. The Bertz CT molecular complexity index is 789. The predicted molar refractivity (Wildman–Crippen MR) is 129 cm³/mol. The van der Waals surface area contributed by atoms with E-state index in [0.717, 1.165) is 30.4 Å². The third-order valence-corrected chi connectivity index (χ3v) is 4.29. The van der Waals surface area contributed by atoms with Crippen molar-refractivity contribution in [3.8, 4) is 5.75 Å². The number of nitrogens with zero attached hydrogens (tertiary/aromatic N) is 3. The second-order valence-electron chi connectivity index (χ2n) is 6.77. The van der Waals surface area contributed by atoms with Crippen LogP contribution in [0.4, 0.5) is 0 Å². The molecule has 2 aromatic rings. The molecule has 0 aromatic heterocycles. The van der Waals surface area contributed by atoms with Crippen molar-refractivity contribution < 1.29 is 9.53 Å². The van der Waals surface area contributed by atoms with Gasteiger partial charge in [-0.25, -0.2) is 4.99 Å². The Morgan fingerprint density at radius 2 is 1.59 bits per heavy atom.